The molecule has 0 unspecified atom stereocenters. The SMILES string of the molecule is C=CCn1c(=NC(=O)CS(=O)(=O)c2ccc(OC)cc2)sc2cc(C)c(C)cc21. The smallest absolute Gasteiger partial charge is 0.263 e. The normalized spacial score (nSPS) is 12.3. The first-order valence-corrected chi connectivity index (χ1v) is 11.4. The van der Waals surface area contributed by atoms with Crippen LogP contribution in [0.5, 0.6) is 5.75 Å². The average molecular weight is 431 g/mol. The second kappa shape index (κ2) is 8.34. The van der Waals surface area contributed by atoms with Gasteiger partial charge in [-0.3, -0.25) is 4.79 Å². The van der Waals surface area contributed by atoms with Gasteiger partial charge in [0.1, 0.15) is 11.5 Å². The highest BCUT2D eigenvalue weighted by Gasteiger charge is 2.19. The molecule has 2 aromatic carbocycles. The van der Waals surface area contributed by atoms with Gasteiger partial charge < -0.3 is 9.30 Å². The van der Waals surface area contributed by atoms with E-state index < -0.39 is 21.5 Å². The Morgan fingerprint density at radius 1 is 1.21 bits per heavy atom. The summed E-state index contributed by atoms with van der Waals surface area (Å²) in [5, 5.41) is 0. The molecule has 8 heteroatoms. The molecule has 1 aromatic heterocycles. The molecule has 0 atom stereocenters. The summed E-state index contributed by atoms with van der Waals surface area (Å²) in [6, 6.07) is 10.0. The van der Waals surface area contributed by atoms with E-state index in [1.165, 1.54) is 30.6 Å². The summed E-state index contributed by atoms with van der Waals surface area (Å²) in [4.78, 5) is 17.1. The highest BCUT2D eigenvalue weighted by atomic mass is 32.2. The number of hydrogen-bond acceptors (Lipinski definition) is 5. The van der Waals surface area contributed by atoms with Crippen LogP contribution in [0.2, 0.25) is 0 Å². The van der Waals surface area contributed by atoms with Crippen molar-refractivity contribution in [1.29, 1.82) is 0 Å². The van der Waals surface area contributed by atoms with Crippen molar-refractivity contribution >= 4 is 37.3 Å². The number of aromatic nitrogens is 1. The Bertz CT molecular complexity index is 1250. The van der Waals surface area contributed by atoms with Gasteiger partial charge in [-0.15, -0.1) is 6.58 Å². The van der Waals surface area contributed by atoms with Crippen LogP contribution in [0.3, 0.4) is 0 Å². The Kier molecular flexibility index (Phi) is 6.04. The number of carbonyl (C=O) groups is 1. The number of methoxy groups -OCH3 is 1. The molecule has 0 aliphatic heterocycles. The first-order chi connectivity index (χ1) is 13.7. The lowest BCUT2D eigenvalue weighted by atomic mass is 10.1. The maximum atomic E-state index is 12.6. The predicted molar refractivity (Wildman–Crippen MR) is 115 cm³/mol. The molecule has 0 N–H and O–H groups in total. The lowest BCUT2D eigenvalue weighted by Gasteiger charge is -2.05. The van der Waals surface area contributed by atoms with E-state index in [-0.39, 0.29) is 4.90 Å². The van der Waals surface area contributed by atoms with E-state index in [1.54, 1.807) is 18.2 Å². The monoisotopic (exact) mass is 430 g/mol. The topological polar surface area (TPSA) is 77.7 Å². The largest absolute Gasteiger partial charge is 0.497 e. The number of rotatable bonds is 6. The fourth-order valence-corrected chi connectivity index (χ4v) is 5.12. The number of carbonyl (C=O) groups excluding carboxylic acids is 1. The van der Waals surface area contributed by atoms with Crippen LogP contribution in [0.15, 0.2) is 58.9 Å². The minimum absolute atomic E-state index is 0.0587. The van der Waals surface area contributed by atoms with Crippen molar-refractivity contribution in [3.05, 3.63) is 65.0 Å². The quantitative estimate of drug-likeness (QED) is 0.562. The maximum absolute atomic E-state index is 12.6. The van der Waals surface area contributed by atoms with Crippen LogP contribution in [0.25, 0.3) is 10.2 Å². The Balaban J connectivity index is 1.98. The van der Waals surface area contributed by atoms with Gasteiger partial charge in [-0.2, -0.15) is 4.99 Å². The first kappa shape index (κ1) is 21.0. The number of allylic oxidation sites excluding steroid dienone is 1. The molecule has 1 amide bonds. The summed E-state index contributed by atoms with van der Waals surface area (Å²) in [5.41, 5.74) is 3.22. The van der Waals surface area contributed by atoms with Crippen LogP contribution < -0.4 is 9.54 Å². The van der Waals surface area contributed by atoms with Crippen LogP contribution in [-0.2, 0) is 21.2 Å². The standard InChI is InChI=1S/C21H22N2O4S2/c1-5-10-23-18-11-14(2)15(3)12-19(18)28-21(23)22-20(24)13-29(25,26)17-8-6-16(27-4)7-9-17/h5-9,11-12H,1,10,13H2,2-4H3. The zero-order valence-corrected chi connectivity index (χ0v) is 18.1. The van der Waals surface area contributed by atoms with Crippen molar-refractivity contribution in [1.82, 2.24) is 4.57 Å². The third-order valence-corrected chi connectivity index (χ3v) is 7.22. The number of aryl methyl sites for hydroxylation is 2. The number of hydrogen-bond donors (Lipinski definition) is 0. The molecule has 0 fully saturated rings. The molecular formula is C21H22N2O4S2. The summed E-state index contributed by atoms with van der Waals surface area (Å²) < 4.78 is 33.0. The van der Waals surface area contributed by atoms with E-state index in [0.717, 1.165) is 21.3 Å². The zero-order chi connectivity index (χ0) is 21.2. The lowest BCUT2D eigenvalue weighted by molar-refractivity contribution is -0.115. The Morgan fingerprint density at radius 2 is 1.86 bits per heavy atom. The molecule has 29 heavy (non-hydrogen) atoms. The summed E-state index contributed by atoms with van der Waals surface area (Å²) >= 11 is 1.36. The average Bonchev–Trinajstić information content (AvgIpc) is 2.98. The Morgan fingerprint density at radius 3 is 2.48 bits per heavy atom. The lowest BCUT2D eigenvalue weighted by Crippen LogP contribution is -2.20. The van der Waals surface area contributed by atoms with Crippen molar-refractivity contribution < 1.29 is 17.9 Å². The summed E-state index contributed by atoms with van der Waals surface area (Å²) in [6.07, 6.45) is 1.72. The summed E-state index contributed by atoms with van der Waals surface area (Å²) in [5.74, 6) is -0.861. The number of fused-ring (bicyclic) bond motifs is 1. The molecule has 0 radical (unpaired) electrons. The van der Waals surface area contributed by atoms with Gasteiger partial charge in [-0.1, -0.05) is 17.4 Å². The molecule has 152 valence electrons. The van der Waals surface area contributed by atoms with E-state index in [2.05, 4.69) is 11.6 Å². The number of benzene rings is 2. The van der Waals surface area contributed by atoms with E-state index in [4.69, 9.17) is 4.74 Å². The third-order valence-electron chi connectivity index (χ3n) is 4.56. The molecule has 3 aromatic rings. The Hall–Kier alpha value is -2.71. The van der Waals surface area contributed by atoms with Gasteiger partial charge in [0, 0.05) is 6.54 Å². The molecule has 0 spiro atoms. The molecule has 0 saturated heterocycles. The molecule has 0 bridgehead atoms. The van der Waals surface area contributed by atoms with Crippen LogP contribution >= 0.6 is 11.3 Å². The minimum Gasteiger partial charge on any atom is -0.497 e. The minimum atomic E-state index is -3.80. The van der Waals surface area contributed by atoms with Crippen LogP contribution in [0, 0.1) is 13.8 Å². The maximum Gasteiger partial charge on any atom is 0.263 e. The highest BCUT2D eigenvalue weighted by molar-refractivity contribution is 7.92. The molecule has 0 aliphatic carbocycles. The van der Waals surface area contributed by atoms with Gasteiger partial charge in [-0.25, -0.2) is 8.42 Å². The third kappa shape index (κ3) is 4.49. The van der Waals surface area contributed by atoms with Gasteiger partial charge in [0.25, 0.3) is 5.91 Å². The van der Waals surface area contributed by atoms with E-state index in [1.807, 2.05) is 30.5 Å². The molecule has 1 heterocycles. The second-order valence-corrected chi connectivity index (χ2v) is 9.63. The van der Waals surface area contributed by atoms with Gasteiger partial charge in [-0.05, 0) is 61.4 Å². The molecule has 3 rings (SSSR count). The number of amides is 1. The van der Waals surface area contributed by atoms with Gasteiger partial charge in [0.15, 0.2) is 14.6 Å². The fourth-order valence-electron chi connectivity index (χ4n) is 2.88. The van der Waals surface area contributed by atoms with Gasteiger partial charge in [0.2, 0.25) is 0 Å². The highest BCUT2D eigenvalue weighted by Crippen LogP contribution is 2.22. The van der Waals surface area contributed by atoms with E-state index >= 15 is 0 Å². The molecular weight excluding hydrogens is 408 g/mol. The second-order valence-electron chi connectivity index (χ2n) is 6.63. The van der Waals surface area contributed by atoms with Crippen molar-refractivity contribution in [3.63, 3.8) is 0 Å². The number of sulfone groups is 1. The summed E-state index contributed by atoms with van der Waals surface area (Å²) in [7, 11) is -2.30. The van der Waals surface area contributed by atoms with Crippen molar-refractivity contribution in [2.45, 2.75) is 25.3 Å². The number of ether oxygens (including phenoxy) is 1. The molecule has 0 saturated carbocycles. The number of thiazole rings is 1. The van der Waals surface area contributed by atoms with Crippen molar-refractivity contribution in [2.24, 2.45) is 4.99 Å². The van der Waals surface area contributed by atoms with E-state index in [0.29, 0.717) is 17.1 Å². The van der Waals surface area contributed by atoms with Crippen LogP contribution in [0.4, 0.5) is 0 Å². The summed E-state index contributed by atoms with van der Waals surface area (Å²) in [6.45, 7) is 8.28. The van der Waals surface area contributed by atoms with Gasteiger partial charge >= 0.3 is 0 Å². The van der Waals surface area contributed by atoms with E-state index in [9.17, 15) is 13.2 Å². The predicted octanol–water partition coefficient (Wildman–Crippen LogP) is 3.42. The van der Waals surface area contributed by atoms with Crippen LogP contribution in [-0.4, -0.2) is 31.8 Å². The molecule has 6 nitrogen and oxygen atoms in total. The zero-order valence-electron chi connectivity index (χ0n) is 16.5. The van der Waals surface area contributed by atoms with Crippen molar-refractivity contribution in [3.8, 4) is 5.75 Å². The van der Waals surface area contributed by atoms with Crippen LogP contribution in [0.1, 0.15) is 11.1 Å². The number of nitrogens with zero attached hydrogens (tertiary/aromatic N) is 2. The van der Waals surface area contributed by atoms with Crippen molar-refractivity contribution in [2.75, 3.05) is 12.9 Å². The van der Waals surface area contributed by atoms with Gasteiger partial charge in [0.05, 0.1) is 22.2 Å². The molecule has 0 aliphatic rings. The fraction of sp³-hybridized carbons (Fsp3) is 0.238. The Labute approximate surface area is 173 Å². The first-order valence-electron chi connectivity index (χ1n) is 8.91.